The molecule has 0 fully saturated rings. The first kappa shape index (κ1) is 19.1. The van der Waals surface area contributed by atoms with Gasteiger partial charge in [0, 0.05) is 17.0 Å². The highest BCUT2D eigenvalue weighted by Gasteiger charge is 2.27. The van der Waals surface area contributed by atoms with Crippen LogP contribution < -0.4 is 5.73 Å². The summed E-state index contributed by atoms with van der Waals surface area (Å²) in [5.74, 6) is -0.475. The molecule has 0 spiro atoms. The Morgan fingerprint density at radius 3 is 2.57 bits per heavy atom. The second kappa shape index (κ2) is 8.09. The van der Waals surface area contributed by atoms with Crippen LogP contribution in [-0.4, -0.2) is 28.7 Å². The van der Waals surface area contributed by atoms with Gasteiger partial charge in [-0.3, -0.25) is 15.1 Å². The van der Waals surface area contributed by atoms with Crippen molar-refractivity contribution in [1.82, 2.24) is 0 Å². The van der Waals surface area contributed by atoms with Crippen LogP contribution in [0.25, 0.3) is 4.91 Å². The minimum atomic E-state index is -0.525. The number of halogens is 1. The molecule has 2 rings (SSSR count). The lowest BCUT2D eigenvalue weighted by molar-refractivity contribution is -0.384. The number of carbonyl (C=O) groups is 1. The van der Waals surface area contributed by atoms with Gasteiger partial charge in [0.25, 0.3) is 5.69 Å². The third-order valence-electron chi connectivity index (χ3n) is 2.97. The van der Waals surface area contributed by atoms with Gasteiger partial charge in [0.2, 0.25) is 0 Å². The molecule has 2 N–H and O–H groups in total. The fourth-order valence-electron chi connectivity index (χ4n) is 2.02. The summed E-state index contributed by atoms with van der Waals surface area (Å²) in [6.45, 7) is 3.66. The molecule has 1 aromatic rings. The van der Waals surface area contributed by atoms with Crippen molar-refractivity contribution in [3.63, 3.8) is 0 Å². The second-order valence-corrected chi connectivity index (χ2v) is 5.58. The van der Waals surface area contributed by atoms with E-state index in [0.717, 1.165) is 0 Å². The number of nitro groups is 1. The maximum atomic E-state index is 12.2. The average Bonchev–Trinajstić information content (AvgIpc) is 2.46. The molecule has 1 aromatic carbocycles. The van der Waals surface area contributed by atoms with Crippen LogP contribution in [0.15, 0.2) is 34.8 Å². The topological polar surface area (TPSA) is 108 Å². The first-order valence-electron chi connectivity index (χ1n) is 6.57. The van der Waals surface area contributed by atoms with E-state index in [1.807, 2.05) is 0 Å². The maximum absolute atomic E-state index is 12.2. The standard InChI is InChI=1S/C14H15N3O4S.ClH/c1-3-21-13(18)11-8(2)16-14(15)22-12(11)9-4-6-10(7-5-9)17(19)20;/h4-7,14H,3,15H2,1-2H3;1H. The first-order chi connectivity index (χ1) is 10.4. The number of nitrogens with two attached hydrogens (primary N) is 1. The summed E-state index contributed by atoms with van der Waals surface area (Å²) in [5.41, 5.74) is 6.82. The number of nitro benzene ring substituents is 1. The summed E-state index contributed by atoms with van der Waals surface area (Å²) in [7, 11) is 0. The minimum Gasteiger partial charge on any atom is -0.462 e. The largest absolute Gasteiger partial charge is 0.462 e. The van der Waals surface area contributed by atoms with Gasteiger partial charge in [-0.2, -0.15) is 0 Å². The highest BCUT2D eigenvalue weighted by atomic mass is 35.5. The first-order valence-corrected chi connectivity index (χ1v) is 7.45. The van der Waals surface area contributed by atoms with E-state index in [1.54, 1.807) is 26.0 Å². The van der Waals surface area contributed by atoms with E-state index in [4.69, 9.17) is 10.5 Å². The molecule has 1 heterocycles. The lowest BCUT2D eigenvalue weighted by Crippen LogP contribution is -2.24. The van der Waals surface area contributed by atoms with Crippen LogP contribution in [0, 0.1) is 10.1 Å². The summed E-state index contributed by atoms with van der Waals surface area (Å²) in [6, 6.07) is 5.95. The quantitative estimate of drug-likeness (QED) is 0.504. The zero-order chi connectivity index (χ0) is 16.3. The van der Waals surface area contributed by atoms with Crippen LogP contribution in [0.2, 0.25) is 0 Å². The molecule has 0 saturated carbocycles. The van der Waals surface area contributed by atoms with Crippen LogP contribution in [0.5, 0.6) is 0 Å². The Hall–Kier alpha value is -1.90. The van der Waals surface area contributed by atoms with E-state index in [-0.39, 0.29) is 24.7 Å². The Labute approximate surface area is 143 Å². The molecular weight excluding hydrogens is 342 g/mol. The number of aliphatic imine (C=N–C) groups is 1. The van der Waals surface area contributed by atoms with Crippen molar-refractivity contribution in [2.45, 2.75) is 19.3 Å². The highest BCUT2D eigenvalue weighted by Crippen LogP contribution is 2.38. The summed E-state index contributed by atoms with van der Waals surface area (Å²) < 4.78 is 5.06. The predicted molar refractivity (Wildman–Crippen MR) is 92.6 cm³/mol. The number of nitrogens with zero attached hydrogens (tertiary/aromatic N) is 2. The average molecular weight is 358 g/mol. The second-order valence-electron chi connectivity index (χ2n) is 4.45. The molecule has 1 atom stereocenters. The summed E-state index contributed by atoms with van der Waals surface area (Å²) >= 11 is 1.22. The van der Waals surface area contributed by atoms with Crippen molar-refractivity contribution in [3.05, 3.63) is 45.5 Å². The van der Waals surface area contributed by atoms with Crippen LogP contribution in [0.1, 0.15) is 19.4 Å². The van der Waals surface area contributed by atoms with Crippen molar-refractivity contribution in [2.24, 2.45) is 10.7 Å². The van der Waals surface area contributed by atoms with Crippen molar-refractivity contribution in [2.75, 3.05) is 6.61 Å². The van der Waals surface area contributed by atoms with E-state index in [2.05, 4.69) is 4.99 Å². The molecule has 0 aliphatic carbocycles. The molecule has 124 valence electrons. The zero-order valence-electron chi connectivity index (χ0n) is 12.5. The monoisotopic (exact) mass is 357 g/mol. The van der Waals surface area contributed by atoms with Gasteiger partial charge in [-0.15, -0.1) is 12.4 Å². The number of thioether (sulfide) groups is 1. The maximum Gasteiger partial charge on any atom is 0.341 e. The number of benzene rings is 1. The molecule has 1 unspecified atom stereocenters. The van der Waals surface area contributed by atoms with Crippen molar-refractivity contribution >= 4 is 46.4 Å². The van der Waals surface area contributed by atoms with Crippen LogP contribution in [0.4, 0.5) is 5.69 Å². The number of carbonyl (C=O) groups excluding carboxylic acids is 1. The van der Waals surface area contributed by atoms with E-state index < -0.39 is 16.4 Å². The van der Waals surface area contributed by atoms with Gasteiger partial charge in [-0.1, -0.05) is 11.8 Å². The molecular formula is C14H16ClN3O4S. The van der Waals surface area contributed by atoms with Crippen molar-refractivity contribution in [1.29, 1.82) is 0 Å². The number of esters is 1. The number of ether oxygens (including phenoxy) is 1. The molecule has 7 nitrogen and oxygen atoms in total. The normalized spacial score (nSPS) is 17.2. The Kier molecular flexibility index (Phi) is 6.74. The molecule has 0 saturated heterocycles. The molecule has 1 aliphatic rings. The smallest absolute Gasteiger partial charge is 0.341 e. The molecule has 1 aliphatic heterocycles. The summed E-state index contributed by atoms with van der Waals surface area (Å²) in [6.07, 6.45) is 0. The van der Waals surface area contributed by atoms with Crippen LogP contribution >= 0.6 is 24.2 Å². The Morgan fingerprint density at radius 1 is 1.43 bits per heavy atom. The zero-order valence-corrected chi connectivity index (χ0v) is 14.1. The van der Waals surface area contributed by atoms with Gasteiger partial charge in [0.05, 0.1) is 22.8 Å². The Bertz CT molecular complexity index is 673. The van der Waals surface area contributed by atoms with Gasteiger partial charge in [0.15, 0.2) is 0 Å². The van der Waals surface area contributed by atoms with Gasteiger partial charge in [-0.05, 0) is 31.5 Å². The summed E-state index contributed by atoms with van der Waals surface area (Å²) in [4.78, 5) is 27.2. The molecule has 0 aromatic heterocycles. The van der Waals surface area contributed by atoms with E-state index in [9.17, 15) is 14.9 Å². The fraction of sp³-hybridized carbons (Fsp3) is 0.286. The van der Waals surface area contributed by atoms with Gasteiger partial charge in [0.1, 0.15) is 5.50 Å². The van der Waals surface area contributed by atoms with E-state index in [0.29, 0.717) is 21.8 Å². The van der Waals surface area contributed by atoms with E-state index >= 15 is 0 Å². The van der Waals surface area contributed by atoms with Crippen molar-refractivity contribution in [3.8, 4) is 0 Å². The molecule has 0 radical (unpaired) electrons. The van der Waals surface area contributed by atoms with Crippen LogP contribution in [0.3, 0.4) is 0 Å². The van der Waals surface area contributed by atoms with Gasteiger partial charge >= 0.3 is 5.97 Å². The highest BCUT2D eigenvalue weighted by molar-refractivity contribution is 8.09. The number of hydrogen-bond acceptors (Lipinski definition) is 7. The lowest BCUT2D eigenvalue weighted by atomic mass is 10.1. The third-order valence-corrected chi connectivity index (χ3v) is 3.99. The molecule has 9 heteroatoms. The summed E-state index contributed by atoms with van der Waals surface area (Å²) in [5, 5.41) is 10.7. The molecule has 23 heavy (non-hydrogen) atoms. The lowest BCUT2D eigenvalue weighted by Gasteiger charge is -2.21. The van der Waals surface area contributed by atoms with Crippen molar-refractivity contribution < 1.29 is 14.5 Å². The Balaban J connectivity index is 0.00000264. The fourth-order valence-corrected chi connectivity index (χ4v) is 3.09. The third kappa shape index (κ3) is 4.31. The minimum absolute atomic E-state index is 0. The molecule has 0 bridgehead atoms. The van der Waals surface area contributed by atoms with Gasteiger partial charge < -0.3 is 10.5 Å². The molecule has 0 amide bonds. The van der Waals surface area contributed by atoms with Gasteiger partial charge in [-0.25, -0.2) is 4.79 Å². The van der Waals surface area contributed by atoms with Crippen LogP contribution in [-0.2, 0) is 9.53 Å². The number of hydrogen-bond donors (Lipinski definition) is 1. The Morgan fingerprint density at radius 2 is 2.04 bits per heavy atom. The SMILES string of the molecule is CCOC(=O)C1=C(c2ccc([N+](=O)[O-])cc2)SC(N)N=C1C.Cl. The van der Waals surface area contributed by atoms with E-state index in [1.165, 1.54) is 23.9 Å². The number of non-ortho nitro benzene ring substituents is 1. The number of rotatable bonds is 4. The predicted octanol–water partition coefficient (Wildman–Crippen LogP) is 2.74.